The van der Waals surface area contributed by atoms with Crippen LogP contribution in [0.2, 0.25) is 0 Å². The van der Waals surface area contributed by atoms with E-state index in [1.54, 1.807) is 36.4 Å². The molecule has 0 saturated heterocycles. The van der Waals surface area contributed by atoms with Crippen LogP contribution in [-0.4, -0.2) is 27.5 Å². The van der Waals surface area contributed by atoms with Gasteiger partial charge in [-0.25, -0.2) is 12.8 Å². The highest BCUT2D eigenvalue weighted by Gasteiger charge is 2.22. The summed E-state index contributed by atoms with van der Waals surface area (Å²) >= 11 is 0. The fraction of sp³-hybridized carbons (Fsp3) is 0.174. The van der Waals surface area contributed by atoms with E-state index in [2.05, 4.69) is 10.6 Å². The minimum atomic E-state index is -3.97. The monoisotopic (exact) mass is 442 g/mol. The number of amides is 1. The maximum absolute atomic E-state index is 13.8. The molecule has 3 aromatic carbocycles. The molecule has 0 fully saturated rings. The predicted octanol–water partition coefficient (Wildman–Crippen LogP) is 4.42. The van der Waals surface area contributed by atoms with Crippen molar-refractivity contribution in [1.82, 2.24) is 0 Å². The Morgan fingerprint density at radius 1 is 1.00 bits per heavy atom. The van der Waals surface area contributed by atoms with Crippen molar-refractivity contribution in [3.63, 3.8) is 0 Å². The number of hydrogen-bond donors (Lipinski definition) is 2. The summed E-state index contributed by atoms with van der Waals surface area (Å²) in [4.78, 5) is 12.1. The minimum absolute atomic E-state index is 0.0468. The number of carbonyl (C=O) groups is 1. The second-order valence-electron chi connectivity index (χ2n) is 6.82. The first kappa shape index (κ1) is 22.3. The molecule has 162 valence electrons. The number of benzene rings is 3. The predicted molar refractivity (Wildman–Crippen MR) is 118 cm³/mol. The van der Waals surface area contributed by atoms with Crippen LogP contribution in [0, 0.1) is 12.7 Å². The second-order valence-corrected chi connectivity index (χ2v) is 8.73. The Balaban J connectivity index is 1.75. The SMILES string of the molecule is CCOc1ccc(NC(=O)CNc2ccc(F)cc2S(=O)(=O)c2ccc(C)cc2)cc1. The van der Waals surface area contributed by atoms with Gasteiger partial charge in [-0.3, -0.25) is 4.79 Å². The lowest BCUT2D eigenvalue weighted by atomic mass is 10.2. The number of rotatable bonds is 8. The molecule has 8 heteroatoms. The van der Waals surface area contributed by atoms with Crippen molar-refractivity contribution in [1.29, 1.82) is 0 Å². The summed E-state index contributed by atoms with van der Waals surface area (Å²) in [5, 5.41) is 5.51. The van der Waals surface area contributed by atoms with E-state index in [-0.39, 0.29) is 27.9 Å². The van der Waals surface area contributed by atoms with Crippen LogP contribution in [0.4, 0.5) is 15.8 Å². The molecular formula is C23H23FN2O4S. The molecule has 0 saturated carbocycles. The molecule has 0 heterocycles. The van der Waals surface area contributed by atoms with E-state index in [0.717, 1.165) is 17.7 Å². The van der Waals surface area contributed by atoms with E-state index in [4.69, 9.17) is 4.74 Å². The van der Waals surface area contributed by atoms with E-state index >= 15 is 0 Å². The van der Waals surface area contributed by atoms with Crippen molar-refractivity contribution < 1.29 is 22.3 Å². The van der Waals surface area contributed by atoms with Crippen LogP contribution in [-0.2, 0) is 14.6 Å². The van der Waals surface area contributed by atoms with Crippen LogP contribution < -0.4 is 15.4 Å². The van der Waals surface area contributed by atoms with Gasteiger partial charge in [0.15, 0.2) is 0 Å². The molecular weight excluding hydrogens is 419 g/mol. The second kappa shape index (κ2) is 9.61. The highest BCUT2D eigenvalue weighted by molar-refractivity contribution is 7.91. The zero-order valence-corrected chi connectivity index (χ0v) is 18.0. The first-order valence-corrected chi connectivity index (χ1v) is 11.2. The third kappa shape index (κ3) is 5.61. The normalized spacial score (nSPS) is 11.1. The van der Waals surface area contributed by atoms with Crippen LogP contribution in [0.25, 0.3) is 0 Å². The summed E-state index contributed by atoms with van der Waals surface area (Å²) in [5.74, 6) is -0.377. The van der Waals surface area contributed by atoms with Crippen molar-refractivity contribution in [3.05, 3.63) is 78.1 Å². The molecule has 1 amide bonds. The van der Waals surface area contributed by atoms with Crippen molar-refractivity contribution in [2.75, 3.05) is 23.8 Å². The highest BCUT2D eigenvalue weighted by atomic mass is 32.2. The van der Waals surface area contributed by atoms with Crippen LogP contribution in [0.5, 0.6) is 5.75 Å². The topological polar surface area (TPSA) is 84.5 Å². The zero-order valence-electron chi connectivity index (χ0n) is 17.2. The van der Waals surface area contributed by atoms with Crippen molar-refractivity contribution in [3.8, 4) is 5.75 Å². The van der Waals surface area contributed by atoms with Gasteiger partial charge in [-0.15, -0.1) is 0 Å². The molecule has 0 unspecified atom stereocenters. The fourth-order valence-corrected chi connectivity index (χ4v) is 4.34. The summed E-state index contributed by atoms with van der Waals surface area (Å²) in [7, 11) is -3.97. The minimum Gasteiger partial charge on any atom is -0.494 e. The van der Waals surface area contributed by atoms with Crippen molar-refractivity contribution >= 4 is 27.1 Å². The maximum atomic E-state index is 13.8. The lowest BCUT2D eigenvalue weighted by Gasteiger charge is -2.13. The summed E-state index contributed by atoms with van der Waals surface area (Å²) < 4.78 is 45.2. The Hall–Kier alpha value is -3.39. The average Bonchev–Trinajstić information content (AvgIpc) is 2.75. The largest absolute Gasteiger partial charge is 0.494 e. The first-order valence-electron chi connectivity index (χ1n) is 9.67. The maximum Gasteiger partial charge on any atom is 0.243 e. The Morgan fingerprint density at radius 3 is 2.32 bits per heavy atom. The van der Waals surface area contributed by atoms with Gasteiger partial charge in [0.2, 0.25) is 15.7 Å². The summed E-state index contributed by atoms with van der Waals surface area (Å²) in [6.45, 7) is 4.06. The Kier molecular flexibility index (Phi) is 6.91. The quantitative estimate of drug-likeness (QED) is 0.540. The number of aryl methyl sites for hydroxylation is 1. The molecule has 0 bridgehead atoms. The summed E-state index contributed by atoms with van der Waals surface area (Å²) in [6.07, 6.45) is 0. The van der Waals surface area contributed by atoms with Crippen LogP contribution in [0.1, 0.15) is 12.5 Å². The molecule has 2 N–H and O–H groups in total. The van der Waals surface area contributed by atoms with Gasteiger partial charge in [-0.2, -0.15) is 0 Å². The Bertz CT molecular complexity index is 1160. The standard InChI is InChI=1S/C23H23FN2O4S/c1-3-30-19-9-7-18(8-10-19)26-23(27)15-25-21-13-6-17(24)14-22(21)31(28,29)20-11-4-16(2)5-12-20/h4-14,25H,3,15H2,1-2H3,(H,26,27). The smallest absolute Gasteiger partial charge is 0.243 e. The zero-order chi connectivity index (χ0) is 22.4. The van der Waals surface area contributed by atoms with Gasteiger partial charge in [0, 0.05) is 5.69 Å². The molecule has 31 heavy (non-hydrogen) atoms. The van der Waals surface area contributed by atoms with Gasteiger partial charge in [0.1, 0.15) is 11.6 Å². The number of hydrogen-bond acceptors (Lipinski definition) is 5. The number of sulfone groups is 1. The lowest BCUT2D eigenvalue weighted by Crippen LogP contribution is -2.22. The Labute approximate surface area is 181 Å². The fourth-order valence-electron chi connectivity index (χ4n) is 2.89. The van der Waals surface area contributed by atoms with Crippen LogP contribution in [0.3, 0.4) is 0 Å². The van der Waals surface area contributed by atoms with Gasteiger partial charge in [0.05, 0.1) is 28.6 Å². The van der Waals surface area contributed by atoms with E-state index in [1.807, 2.05) is 13.8 Å². The molecule has 0 atom stereocenters. The number of nitrogens with one attached hydrogen (secondary N) is 2. The molecule has 0 spiro atoms. The van der Waals surface area contributed by atoms with E-state index < -0.39 is 15.7 Å². The first-order chi connectivity index (χ1) is 14.8. The van der Waals surface area contributed by atoms with Crippen molar-refractivity contribution in [2.24, 2.45) is 0 Å². The highest BCUT2D eigenvalue weighted by Crippen LogP contribution is 2.28. The third-order valence-electron chi connectivity index (χ3n) is 4.45. The molecule has 0 radical (unpaired) electrons. The van der Waals surface area contributed by atoms with Gasteiger partial charge in [-0.05, 0) is 68.4 Å². The molecule has 0 aliphatic carbocycles. The molecule has 3 aromatic rings. The number of anilines is 2. The number of ether oxygens (including phenoxy) is 1. The molecule has 0 aromatic heterocycles. The summed E-state index contributed by atoms with van der Waals surface area (Å²) in [5.41, 5.74) is 1.62. The van der Waals surface area contributed by atoms with Gasteiger partial charge >= 0.3 is 0 Å². The van der Waals surface area contributed by atoms with Crippen LogP contribution in [0.15, 0.2) is 76.5 Å². The van der Waals surface area contributed by atoms with Gasteiger partial charge in [0.25, 0.3) is 0 Å². The lowest BCUT2D eigenvalue weighted by molar-refractivity contribution is -0.114. The van der Waals surface area contributed by atoms with Gasteiger partial charge in [-0.1, -0.05) is 17.7 Å². The van der Waals surface area contributed by atoms with Gasteiger partial charge < -0.3 is 15.4 Å². The summed E-state index contributed by atoms with van der Waals surface area (Å²) in [6, 6.07) is 16.5. The van der Waals surface area contributed by atoms with E-state index in [9.17, 15) is 17.6 Å². The number of halogens is 1. The molecule has 3 rings (SSSR count). The third-order valence-corrected chi connectivity index (χ3v) is 6.26. The molecule has 0 aliphatic heterocycles. The number of carbonyl (C=O) groups excluding carboxylic acids is 1. The van der Waals surface area contributed by atoms with Crippen LogP contribution >= 0.6 is 0 Å². The van der Waals surface area contributed by atoms with Crippen molar-refractivity contribution in [2.45, 2.75) is 23.6 Å². The molecule has 0 aliphatic rings. The average molecular weight is 443 g/mol. The van der Waals surface area contributed by atoms with E-state index in [0.29, 0.717) is 18.0 Å². The Morgan fingerprint density at radius 2 is 1.68 bits per heavy atom. The molecule has 6 nitrogen and oxygen atoms in total. The van der Waals surface area contributed by atoms with E-state index in [1.165, 1.54) is 18.2 Å².